The number of nitrogens with zero attached hydrogens (tertiary/aromatic N) is 2. The lowest BCUT2D eigenvalue weighted by atomic mass is 10.2. The molecule has 19 heavy (non-hydrogen) atoms. The maximum absolute atomic E-state index is 12.2. The Hall–Kier alpha value is -1.07. The summed E-state index contributed by atoms with van der Waals surface area (Å²) in [6.07, 6.45) is 4.06. The molecule has 0 radical (unpaired) electrons. The van der Waals surface area contributed by atoms with Crippen molar-refractivity contribution >= 4 is 17.4 Å². The van der Waals surface area contributed by atoms with Gasteiger partial charge >= 0.3 is 0 Å². The maximum atomic E-state index is 12.2. The van der Waals surface area contributed by atoms with Gasteiger partial charge < -0.3 is 14.6 Å². The molecule has 0 spiro atoms. The summed E-state index contributed by atoms with van der Waals surface area (Å²) in [6, 6.07) is -0.00222. The van der Waals surface area contributed by atoms with E-state index in [1.807, 2.05) is 0 Å². The van der Waals surface area contributed by atoms with Gasteiger partial charge in [0.25, 0.3) is 5.56 Å². The quantitative estimate of drug-likeness (QED) is 0.743. The molecular formula is C13H22ClN3O2. The minimum absolute atomic E-state index is 0.00222. The van der Waals surface area contributed by atoms with E-state index in [-0.39, 0.29) is 11.6 Å². The molecule has 1 atom stereocenters. The Bertz CT molecular complexity index is 428. The molecule has 6 heteroatoms. The van der Waals surface area contributed by atoms with Crippen molar-refractivity contribution in [3.8, 4) is 0 Å². The van der Waals surface area contributed by atoms with E-state index in [1.54, 1.807) is 24.1 Å². The van der Waals surface area contributed by atoms with E-state index < -0.39 is 0 Å². The van der Waals surface area contributed by atoms with Crippen LogP contribution >= 0.6 is 11.6 Å². The van der Waals surface area contributed by atoms with Crippen LogP contribution in [0, 0.1) is 5.92 Å². The molecule has 0 saturated heterocycles. The van der Waals surface area contributed by atoms with Crippen LogP contribution in [-0.2, 0) is 11.3 Å². The SMILES string of the molecule is COCC(CCCl)Nc1nccn(CC(C)C)c1=O. The smallest absolute Gasteiger partial charge is 0.293 e. The van der Waals surface area contributed by atoms with Crippen LogP contribution in [0.25, 0.3) is 0 Å². The first kappa shape index (κ1) is 16.0. The summed E-state index contributed by atoms with van der Waals surface area (Å²) in [5.74, 6) is 1.27. The van der Waals surface area contributed by atoms with Crippen LogP contribution < -0.4 is 10.9 Å². The van der Waals surface area contributed by atoms with E-state index in [2.05, 4.69) is 24.1 Å². The molecule has 1 aromatic heterocycles. The Labute approximate surface area is 118 Å². The second kappa shape index (κ2) is 8.17. The van der Waals surface area contributed by atoms with Gasteiger partial charge in [-0.05, 0) is 12.3 Å². The van der Waals surface area contributed by atoms with E-state index in [0.29, 0.717) is 30.8 Å². The fraction of sp³-hybridized carbons (Fsp3) is 0.692. The lowest BCUT2D eigenvalue weighted by molar-refractivity contribution is 0.184. The monoisotopic (exact) mass is 287 g/mol. The molecule has 0 aliphatic carbocycles. The van der Waals surface area contributed by atoms with Crippen molar-refractivity contribution in [1.29, 1.82) is 0 Å². The largest absolute Gasteiger partial charge is 0.383 e. The molecule has 108 valence electrons. The number of rotatable bonds is 8. The Morgan fingerprint density at radius 2 is 2.26 bits per heavy atom. The molecule has 1 unspecified atom stereocenters. The lowest BCUT2D eigenvalue weighted by Crippen LogP contribution is -2.32. The highest BCUT2D eigenvalue weighted by molar-refractivity contribution is 6.17. The Morgan fingerprint density at radius 1 is 1.53 bits per heavy atom. The van der Waals surface area contributed by atoms with E-state index in [1.165, 1.54) is 0 Å². The van der Waals surface area contributed by atoms with Gasteiger partial charge in [-0.3, -0.25) is 4.79 Å². The summed E-state index contributed by atoms with van der Waals surface area (Å²) in [5.41, 5.74) is -0.105. The summed E-state index contributed by atoms with van der Waals surface area (Å²) in [5, 5.41) is 3.11. The van der Waals surface area contributed by atoms with Crippen molar-refractivity contribution < 1.29 is 4.74 Å². The van der Waals surface area contributed by atoms with Gasteiger partial charge in [0.1, 0.15) is 0 Å². The number of methoxy groups -OCH3 is 1. The number of nitrogens with one attached hydrogen (secondary N) is 1. The van der Waals surface area contributed by atoms with Gasteiger partial charge in [0.15, 0.2) is 5.82 Å². The lowest BCUT2D eigenvalue weighted by Gasteiger charge is -2.17. The molecule has 0 fully saturated rings. The fourth-order valence-corrected chi connectivity index (χ4v) is 2.07. The second-order valence-electron chi connectivity index (χ2n) is 4.90. The van der Waals surface area contributed by atoms with Gasteiger partial charge in [-0.15, -0.1) is 11.6 Å². The van der Waals surface area contributed by atoms with Crippen LogP contribution in [0.15, 0.2) is 17.2 Å². The predicted molar refractivity (Wildman–Crippen MR) is 78.0 cm³/mol. The van der Waals surface area contributed by atoms with E-state index in [9.17, 15) is 4.79 Å². The number of ether oxygens (including phenoxy) is 1. The Balaban J connectivity index is 2.85. The van der Waals surface area contributed by atoms with Crippen LogP contribution in [0.4, 0.5) is 5.82 Å². The fourth-order valence-electron chi connectivity index (χ4n) is 1.81. The van der Waals surface area contributed by atoms with Gasteiger partial charge in [0.2, 0.25) is 0 Å². The van der Waals surface area contributed by atoms with Crippen LogP contribution in [0.3, 0.4) is 0 Å². The molecule has 1 N–H and O–H groups in total. The normalized spacial score (nSPS) is 12.7. The van der Waals surface area contributed by atoms with Crippen molar-refractivity contribution in [2.24, 2.45) is 5.92 Å². The number of hydrogen-bond acceptors (Lipinski definition) is 4. The summed E-state index contributed by atoms with van der Waals surface area (Å²) >= 11 is 5.74. The van der Waals surface area contributed by atoms with Crippen molar-refractivity contribution in [2.75, 3.05) is 24.9 Å². The minimum atomic E-state index is -0.105. The van der Waals surface area contributed by atoms with E-state index in [0.717, 1.165) is 6.42 Å². The summed E-state index contributed by atoms with van der Waals surface area (Å²) in [6.45, 7) is 5.32. The van der Waals surface area contributed by atoms with Crippen molar-refractivity contribution in [1.82, 2.24) is 9.55 Å². The third-order valence-corrected chi connectivity index (χ3v) is 2.86. The molecule has 1 heterocycles. The standard InChI is InChI=1S/C13H22ClN3O2/c1-10(2)8-17-7-6-15-12(13(17)18)16-11(4-5-14)9-19-3/h6-7,10-11H,4-5,8-9H2,1-3H3,(H,15,16). The van der Waals surface area contributed by atoms with E-state index in [4.69, 9.17) is 16.3 Å². The van der Waals surface area contributed by atoms with Crippen molar-refractivity contribution in [3.63, 3.8) is 0 Å². The number of hydrogen-bond donors (Lipinski definition) is 1. The summed E-state index contributed by atoms with van der Waals surface area (Å²) < 4.78 is 6.78. The molecule has 0 aromatic carbocycles. The van der Waals surface area contributed by atoms with E-state index >= 15 is 0 Å². The molecule has 1 aromatic rings. The zero-order chi connectivity index (χ0) is 14.3. The molecular weight excluding hydrogens is 266 g/mol. The van der Waals surface area contributed by atoms with Gasteiger partial charge in [0.05, 0.1) is 12.6 Å². The van der Waals surface area contributed by atoms with Gasteiger partial charge in [0, 0.05) is 31.9 Å². The number of alkyl halides is 1. The van der Waals surface area contributed by atoms with Gasteiger partial charge in [-0.2, -0.15) is 0 Å². The van der Waals surface area contributed by atoms with Crippen LogP contribution in [0.1, 0.15) is 20.3 Å². The molecule has 0 aliphatic rings. The third-order valence-electron chi connectivity index (χ3n) is 2.64. The molecule has 0 bridgehead atoms. The molecule has 1 rings (SSSR count). The average Bonchev–Trinajstić information content (AvgIpc) is 2.34. The first-order valence-electron chi connectivity index (χ1n) is 6.45. The number of anilines is 1. The predicted octanol–water partition coefficient (Wildman–Crippen LogP) is 1.96. The highest BCUT2D eigenvalue weighted by Gasteiger charge is 2.12. The minimum Gasteiger partial charge on any atom is -0.383 e. The Morgan fingerprint density at radius 3 is 2.84 bits per heavy atom. The highest BCUT2D eigenvalue weighted by atomic mass is 35.5. The molecule has 0 aliphatic heterocycles. The topological polar surface area (TPSA) is 56.1 Å². The summed E-state index contributed by atoms with van der Waals surface area (Å²) in [4.78, 5) is 16.3. The first-order valence-corrected chi connectivity index (χ1v) is 6.98. The number of halogens is 1. The van der Waals surface area contributed by atoms with Crippen LogP contribution in [0.2, 0.25) is 0 Å². The molecule has 5 nitrogen and oxygen atoms in total. The summed E-state index contributed by atoms with van der Waals surface area (Å²) in [7, 11) is 1.62. The zero-order valence-electron chi connectivity index (χ0n) is 11.7. The molecule has 0 saturated carbocycles. The highest BCUT2D eigenvalue weighted by Crippen LogP contribution is 2.04. The first-order chi connectivity index (χ1) is 9.08. The number of aromatic nitrogens is 2. The molecule has 0 amide bonds. The Kier molecular flexibility index (Phi) is 6.87. The van der Waals surface area contributed by atoms with Gasteiger partial charge in [-0.25, -0.2) is 4.98 Å². The van der Waals surface area contributed by atoms with Crippen LogP contribution in [0.5, 0.6) is 0 Å². The third kappa shape index (κ3) is 5.20. The van der Waals surface area contributed by atoms with Gasteiger partial charge in [-0.1, -0.05) is 13.8 Å². The second-order valence-corrected chi connectivity index (χ2v) is 5.28. The van der Waals surface area contributed by atoms with Crippen molar-refractivity contribution in [2.45, 2.75) is 32.9 Å². The van der Waals surface area contributed by atoms with Crippen molar-refractivity contribution in [3.05, 3.63) is 22.7 Å². The average molecular weight is 288 g/mol. The zero-order valence-corrected chi connectivity index (χ0v) is 12.5. The van der Waals surface area contributed by atoms with Crippen LogP contribution in [-0.4, -0.2) is 35.2 Å². The maximum Gasteiger partial charge on any atom is 0.293 e.